The summed E-state index contributed by atoms with van der Waals surface area (Å²) in [7, 11) is 1.85. The molecule has 1 amide bonds. The molecule has 7 heteroatoms. The molecule has 4 rings (SSSR count). The number of amides is 1. The predicted octanol–water partition coefficient (Wildman–Crippen LogP) is 4.60. The lowest BCUT2D eigenvalue weighted by Crippen LogP contribution is -2.14. The standard InChI is InChI=1S/C20H16IN3O3/c1-24-17-5-3-2-4-16(17)22-20(24)23-19(25)18-11-10-15(27-18)12-26-14-8-6-13(21)7-9-14/h2-11H,12H2,1H3,(H,22,23,25). The van der Waals surface area contributed by atoms with E-state index in [-0.39, 0.29) is 18.3 Å². The third kappa shape index (κ3) is 3.82. The van der Waals surface area contributed by atoms with E-state index in [9.17, 15) is 4.79 Å². The van der Waals surface area contributed by atoms with Gasteiger partial charge in [0.25, 0.3) is 5.91 Å². The van der Waals surface area contributed by atoms with Crippen LogP contribution in [0.5, 0.6) is 5.75 Å². The molecule has 0 bridgehead atoms. The van der Waals surface area contributed by atoms with Gasteiger partial charge in [-0.3, -0.25) is 10.1 Å². The van der Waals surface area contributed by atoms with Gasteiger partial charge in [0.2, 0.25) is 5.95 Å². The van der Waals surface area contributed by atoms with E-state index < -0.39 is 0 Å². The summed E-state index contributed by atoms with van der Waals surface area (Å²) in [5.74, 6) is 1.65. The molecule has 2 aromatic heterocycles. The van der Waals surface area contributed by atoms with Gasteiger partial charge in [0.05, 0.1) is 11.0 Å². The Morgan fingerprint density at radius 3 is 2.70 bits per heavy atom. The number of hydrogen-bond donors (Lipinski definition) is 1. The van der Waals surface area contributed by atoms with E-state index in [4.69, 9.17) is 9.15 Å². The fourth-order valence-electron chi connectivity index (χ4n) is 2.68. The van der Waals surface area contributed by atoms with Crippen LogP contribution in [0, 0.1) is 3.57 Å². The zero-order valence-electron chi connectivity index (χ0n) is 14.5. The molecule has 0 aliphatic carbocycles. The second kappa shape index (κ2) is 7.43. The smallest absolute Gasteiger partial charge is 0.293 e. The first kappa shape index (κ1) is 17.6. The number of aromatic nitrogens is 2. The molecule has 0 fully saturated rings. The Hall–Kier alpha value is -2.81. The van der Waals surface area contributed by atoms with E-state index in [0.717, 1.165) is 20.4 Å². The Labute approximate surface area is 169 Å². The minimum absolute atomic E-state index is 0.211. The average molecular weight is 473 g/mol. The van der Waals surface area contributed by atoms with E-state index in [1.54, 1.807) is 12.1 Å². The molecule has 6 nitrogen and oxygen atoms in total. The first-order valence-corrected chi connectivity index (χ1v) is 9.38. The van der Waals surface area contributed by atoms with Crippen molar-refractivity contribution in [3.63, 3.8) is 0 Å². The van der Waals surface area contributed by atoms with E-state index in [1.807, 2.05) is 60.1 Å². The van der Waals surface area contributed by atoms with Crippen LogP contribution in [0.1, 0.15) is 16.3 Å². The summed E-state index contributed by atoms with van der Waals surface area (Å²) in [6.07, 6.45) is 0. The topological polar surface area (TPSA) is 69.3 Å². The molecule has 0 aliphatic heterocycles. The predicted molar refractivity (Wildman–Crippen MR) is 111 cm³/mol. The lowest BCUT2D eigenvalue weighted by Gasteiger charge is -2.04. The van der Waals surface area contributed by atoms with Crippen molar-refractivity contribution in [3.05, 3.63) is 75.8 Å². The minimum Gasteiger partial charge on any atom is -0.486 e. The van der Waals surface area contributed by atoms with Gasteiger partial charge in [0, 0.05) is 10.6 Å². The number of carbonyl (C=O) groups excluding carboxylic acids is 1. The van der Waals surface area contributed by atoms with Crippen molar-refractivity contribution in [2.24, 2.45) is 7.05 Å². The van der Waals surface area contributed by atoms with Crippen LogP contribution in [0.15, 0.2) is 65.1 Å². The number of nitrogens with zero attached hydrogens (tertiary/aromatic N) is 2. The van der Waals surface area contributed by atoms with Crippen LogP contribution in [0.3, 0.4) is 0 Å². The van der Waals surface area contributed by atoms with Crippen LogP contribution in [0.2, 0.25) is 0 Å². The lowest BCUT2D eigenvalue weighted by molar-refractivity contribution is 0.0991. The number of imidazole rings is 1. The number of nitrogens with one attached hydrogen (secondary N) is 1. The molecule has 1 N–H and O–H groups in total. The Kier molecular flexibility index (Phi) is 4.85. The number of hydrogen-bond acceptors (Lipinski definition) is 4. The third-order valence-corrected chi connectivity index (χ3v) is 4.81. The van der Waals surface area contributed by atoms with Gasteiger partial charge >= 0.3 is 0 Å². The van der Waals surface area contributed by atoms with Crippen LogP contribution < -0.4 is 10.1 Å². The zero-order chi connectivity index (χ0) is 18.8. The fourth-order valence-corrected chi connectivity index (χ4v) is 3.04. The number of carbonyl (C=O) groups is 1. The zero-order valence-corrected chi connectivity index (χ0v) is 16.6. The van der Waals surface area contributed by atoms with Gasteiger partial charge in [0.15, 0.2) is 5.76 Å². The Balaban J connectivity index is 1.43. The van der Waals surface area contributed by atoms with Crippen molar-refractivity contribution in [1.82, 2.24) is 9.55 Å². The molecule has 0 unspecified atom stereocenters. The Morgan fingerprint density at radius 1 is 1.15 bits per heavy atom. The van der Waals surface area contributed by atoms with Crippen molar-refractivity contribution >= 4 is 45.5 Å². The van der Waals surface area contributed by atoms with Crippen molar-refractivity contribution in [2.45, 2.75) is 6.61 Å². The average Bonchev–Trinajstić information content (AvgIpc) is 3.27. The monoisotopic (exact) mass is 473 g/mol. The molecule has 136 valence electrons. The maximum atomic E-state index is 12.5. The van der Waals surface area contributed by atoms with Gasteiger partial charge in [0.1, 0.15) is 18.1 Å². The summed E-state index contributed by atoms with van der Waals surface area (Å²) in [5.41, 5.74) is 1.76. The van der Waals surface area contributed by atoms with Crippen LogP contribution in [0.4, 0.5) is 5.95 Å². The summed E-state index contributed by atoms with van der Waals surface area (Å²) >= 11 is 2.24. The molecule has 4 aromatic rings. The number of furan rings is 1. The third-order valence-electron chi connectivity index (χ3n) is 4.09. The largest absolute Gasteiger partial charge is 0.486 e. The number of benzene rings is 2. The Morgan fingerprint density at radius 2 is 1.93 bits per heavy atom. The van der Waals surface area contributed by atoms with Crippen molar-refractivity contribution in [2.75, 3.05) is 5.32 Å². The maximum Gasteiger partial charge on any atom is 0.293 e. The van der Waals surface area contributed by atoms with E-state index in [1.165, 1.54) is 0 Å². The van der Waals surface area contributed by atoms with E-state index in [2.05, 4.69) is 32.9 Å². The van der Waals surface area contributed by atoms with Gasteiger partial charge in [-0.2, -0.15) is 0 Å². The van der Waals surface area contributed by atoms with Crippen LogP contribution >= 0.6 is 22.6 Å². The number of rotatable bonds is 5. The van der Waals surface area contributed by atoms with E-state index in [0.29, 0.717) is 11.7 Å². The van der Waals surface area contributed by atoms with Crippen LogP contribution in [-0.4, -0.2) is 15.5 Å². The number of ether oxygens (including phenoxy) is 1. The summed E-state index contributed by atoms with van der Waals surface area (Å²) in [6.45, 7) is 0.250. The number of anilines is 1. The summed E-state index contributed by atoms with van der Waals surface area (Å²) < 4.78 is 14.2. The molecule has 27 heavy (non-hydrogen) atoms. The summed E-state index contributed by atoms with van der Waals surface area (Å²) in [5, 5.41) is 2.79. The highest BCUT2D eigenvalue weighted by molar-refractivity contribution is 14.1. The Bertz CT molecular complexity index is 1100. The number of aryl methyl sites for hydroxylation is 1. The molecule has 0 atom stereocenters. The lowest BCUT2D eigenvalue weighted by atomic mass is 10.3. The number of fused-ring (bicyclic) bond motifs is 1. The first-order valence-electron chi connectivity index (χ1n) is 8.30. The van der Waals surface area contributed by atoms with Crippen molar-refractivity contribution < 1.29 is 13.9 Å². The second-order valence-corrected chi connectivity index (χ2v) is 7.19. The molecule has 2 aromatic carbocycles. The molecule has 0 radical (unpaired) electrons. The minimum atomic E-state index is -0.353. The van der Waals surface area contributed by atoms with Crippen LogP contribution in [-0.2, 0) is 13.7 Å². The van der Waals surface area contributed by atoms with Gasteiger partial charge in [-0.15, -0.1) is 0 Å². The van der Waals surface area contributed by atoms with Gasteiger partial charge in [-0.1, -0.05) is 12.1 Å². The normalized spacial score (nSPS) is 10.9. The van der Waals surface area contributed by atoms with Gasteiger partial charge in [-0.05, 0) is 71.1 Å². The summed E-state index contributed by atoms with van der Waals surface area (Å²) in [6, 6.07) is 18.8. The molecule has 2 heterocycles. The molecule has 0 saturated heterocycles. The fraction of sp³-hybridized carbons (Fsp3) is 0.100. The molecule has 0 saturated carbocycles. The van der Waals surface area contributed by atoms with E-state index >= 15 is 0 Å². The molecular formula is C20H16IN3O3. The van der Waals surface area contributed by atoms with Crippen LogP contribution in [0.25, 0.3) is 11.0 Å². The number of halogens is 1. The molecular weight excluding hydrogens is 457 g/mol. The summed E-state index contributed by atoms with van der Waals surface area (Å²) in [4.78, 5) is 16.9. The van der Waals surface area contributed by atoms with Crippen molar-refractivity contribution in [1.29, 1.82) is 0 Å². The SMILES string of the molecule is Cn1c(NC(=O)c2ccc(COc3ccc(I)cc3)o2)nc2ccccc21. The molecule has 0 aliphatic rings. The second-order valence-electron chi connectivity index (χ2n) is 5.95. The highest BCUT2D eigenvalue weighted by atomic mass is 127. The first-order chi connectivity index (χ1) is 13.1. The number of para-hydroxylation sites is 2. The van der Waals surface area contributed by atoms with Gasteiger partial charge in [-0.25, -0.2) is 4.98 Å². The van der Waals surface area contributed by atoms with Crippen molar-refractivity contribution in [3.8, 4) is 5.75 Å². The highest BCUT2D eigenvalue weighted by Gasteiger charge is 2.15. The quantitative estimate of drug-likeness (QED) is 0.431. The molecule has 0 spiro atoms. The van der Waals surface area contributed by atoms with Gasteiger partial charge < -0.3 is 13.7 Å². The maximum absolute atomic E-state index is 12.5. The highest BCUT2D eigenvalue weighted by Crippen LogP contribution is 2.19.